The van der Waals surface area contributed by atoms with Crippen LogP contribution in [0.1, 0.15) is 6.92 Å². The molecule has 4 rings (SSSR count). The monoisotopic (exact) mass is 383 g/mol. The minimum Gasteiger partial charge on any atom is -0.324 e. The first-order valence-electron chi connectivity index (χ1n) is 8.81. The number of para-hydroxylation sites is 1. The van der Waals surface area contributed by atoms with Crippen molar-refractivity contribution in [3.8, 4) is 0 Å². The molecule has 0 saturated carbocycles. The minimum absolute atomic E-state index is 0.512. The molecule has 0 fully saturated rings. The number of halogens is 1. The van der Waals surface area contributed by atoms with Gasteiger partial charge in [-0.05, 0) is 50.3 Å². The van der Waals surface area contributed by atoms with Crippen LogP contribution in [0.2, 0.25) is 5.02 Å². The second-order valence-corrected chi connectivity index (χ2v) is 8.72. The lowest BCUT2D eigenvalue weighted by atomic mass is 10.1. The van der Waals surface area contributed by atoms with Gasteiger partial charge in [-0.3, -0.25) is 0 Å². The summed E-state index contributed by atoms with van der Waals surface area (Å²) in [6, 6.07) is 16.7. The molecule has 1 aromatic heterocycles. The summed E-state index contributed by atoms with van der Waals surface area (Å²) in [5.74, 6) is 1.56. The van der Waals surface area contributed by atoms with Crippen LogP contribution >= 0.6 is 23.4 Å². The third-order valence-corrected chi connectivity index (χ3v) is 5.83. The second-order valence-electron chi connectivity index (χ2n) is 7.19. The van der Waals surface area contributed by atoms with Gasteiger partial charge in [0.2, 0.25) is 0 Å². The first-order valence-corrected chi connectivity index (χ1v) is 10.00. The highest BCUT2D eigenvalue weighted by molar-refractivity contribution is 7.99. The highest BCUT2D eigenvalue weighted by Gasteiger charge is 2.27. The fourth-order valence-corrected chi connectivity index (χ4v) is 4.93. The number of aromatic nitrogens is 1. The maximum Gasteiger partial charge on any atom is 0.147 e. The van der Waals surface area contributed by atoms with Crippen LogP contribution in [-0.2, 0) is 0 Å². The minimum atomic E-state index is 0.512. The number of nitrogens with zero attached hydrogens (tertiary/aromatic N) is 3. The molecule has 1 aliphatic rings. The van der Waals surface area contributed by atoms with Crippen molar-refractivity contribution in [1.29, 1.82) is 0 Å². The number of pyridine rings is 1. The van der Waals surface area contributed by atoms with Crippen LogP contribution in [-0.4, -0.2) is 37.1 Å². The van der Waals surface area contributed by atoms with Gasteiger partial charge in [-0.1, -0.05) is 48.5 Å². The first kappa shape index (κ1) is 17.7. The number of rotatable bonds is 4. The van der Waals surface area contributed by atoms with Gasteiger partial charge < -0.3 is 9.80 Å². The van der Waals surface area contributed by atoms with E-state index in [4.69, 9.17) is 16.6 Å². The van der Waals surface area contributed by atoms with Crippen LogP contribution in [0.4, 0.5) is 11.5 Å². The predicted molar refractivity (Wildman–Crippen MR) is 112 cm³/mol. The Hall–Kier alpha value is -1.75. The SMILES string of the molecule is CC(CN(C)C)CN1c2ccc(Cl)cc2Sc2cc3ccccc3nc21. The molecule has 0 spiro atoms. The van der Waals surface area contributed by atoms with Gasteiger partial charge in [-0.2, -0.15) is 0 Å². The molecule has 2 aromatic carbocycles. The number of benzene rings is 2. The molecule has 0 N–H and O–H groups in total. The van der Waals surface area contributed by atoms with Gasteiger partial charge in [0.15, 0.2) is 0 Å². The summed E-state index contributed by atoms with van der Waals surface area (Å²) in [6.45, 7) is 4.25. The lowest BCUT2D eigenvalue weighted by Crippen LogP contribution is -2.32. The normalized spacial score (nSPS) is 14.4. The van der Waals surface area contributed by atoms with E-state index in [-0.39, 0.29) is 0 Å². The predicted octanol–water partition coefficient (Wildman–Crippen LogP) is 5.69. The van der Waals surface area contributed by atoms with Crippen molar-refractivity contribution >= 4 is 45.8 Å². The number of fused-ring (bicyclic) bond motifs is 3. The Morgan fingerprint density at radius 3 is 2.73 bits per heavy atom. The van der Waals surface area contributed by atoms with E-state index in [9.17, 15) is 0 Å². The van der Waals surface area contributed by atoms with E-state index in [0.717, 1.165) is 29.4 Å². The Balaban J connectivity index is 1.82. The standard InChI is InChI=1S/C21H22ClN3S/c1-14(12-24(2)3)13-25-18-9-8-16(22)11-19(18)26-20-10-15-6-4-5-7-17(15)23-21(20)25/h4-11,14H,12-13H2,1-3H3. The van der Waals surface area contributed by atoms with Crippen molar-refractivity contribution in [1.82, 2.24) is 9.88 Å². The third kappa shape index (κ3) is 3.41. The van der Waals surface area contributed by atoms with Crippen LogP contribution in [0.5, 0.6) is 0 Å². The van der Waals surface area contributed by atoms with Crippen LogP contribution in [0.15, 0.2) is 58.3 Å². The molecular weight excluding hydrogens is 362 g/mol. The fraction of sp³-hybridized carbons (Fsp3) is 0.286. The summed E-state index contributed by atoms with van der Waals surface area (Å²) >= 11 is 8.02. The molecule has 1 aliphatic heterocycles. The molecular formula is C21H22ClN3S. The number of hydrogen-bond acceptors (Lipinski definition) is 4. The fourth-order valence-electron chi connectivity index (χ4n) is 3.56. The van der Waals surface area contributed by atoms with E-state index in [0.29, 0.717) is 5.92 Å². The van der Waals surface area contributed by atoms with E-state index >= 15 is 0 Å². The summed E-state index contributed by atoms with van der Waals surface area (Å²) in [5.41, 5.74) is 2.23. The number of anilines is 2. The van der Waals surface area contributed by atoms with E-state index < -0.39 is 0 Å². The lowest BCUT2D eigenvalue weighted by Gasteiger charge is -2.34. The van der Waals surface area contributed by atoms with Gasteiger partial charge in [-0.15, -0.1) is 0 Å². The molecule has 3 aromatic rings. The summed E-state index contributed by atoms with van der Waals surface area (Å²) in [6.07, 6.45) is 0. The summed E-state index contributed by atoms with van der Waals surface area (Å²) in [7, 11) is 4.24. The lowest BCUT2D eigenvalue weighted by molar-refractivity contribution is 0.342. The highest BCUT2D eigenvalue weighted by atomic mass is 35.5. The Labute approximate surface area is 164 Å². The van der Waals surface area contributed by atoms with Crippen LogP contribution in [0.3, 0.4) is 0 Å². The zero-order chi connectivity index (χ0) is 18.3. The van der Waals surface area contributed by atoms with E-state index in [1.807, 2.05) is 12.1 Å². The molecule has 1 unspecified atom stereocenters. The van der Waals surface area contributed by atoms with Crippen molar-refractivity contribution in [3.05, 3.63) is 53.6 Å². The van der Waals surface area contributed by atoms with Gasteiger partial charge in [0.25, 0.3) is 0 Å². The Kier molecular flexibility index (Phi) is 4.82. The maximum absolute atomic E-state index is 6.27. The molecule has 3 nitrogen and oxygen atoms in total. The summed E-state index contributed by atoms with van der Waals surface area (Å²) in [5, 5.41) is 1.94. The quantitative estimate of drug-likeness (QED) is 0.576. The van der Waals surface area contributed by atoms with Crippen molar-refractivity contribution in [3.63, 3.8) is 0 Å². The Morgan fingerprint density at radius 1 is 1.12 bits per heavy atom. The second kappa shape index (κ2) is 7.10. The largest absolute Gasteiger partial charge is 0.324 e. The zero-order valence-electron chi connectivity index (χ0n) is 15.2. The molecule has 0 saturated heterocycles. The van der Waals surface area contributed by atoms with Gasteiger partial charge >= 0.3 is 0 Å². The smallest absolute Gasteiger partial charge is 0.147 e. The molecule has 26 heavy (non-hydrogen) atoms. The van der Waals surface area contributed by atoms with Gasteiger partial charge in [0.05, 0.1) is 16.1 Å². The van der Waals surface area contributed by atoms with Crippen molar-refractivity contribution < 1.29 is 0 Å². The topological polar surface area (TPSA) is 19.4 Å². The van der Waals surface area contributed by atoms with Crippen LogP contribution in [0, 0.1) is 5.92 Å². The third-order valence-electron chi connectivity index (χ3n) is 4.53. The van der Waals surface area contributed by atoms with Gasteiger partial charge in [0, 0.05) is 28.4 Å². The molecule has 1 atom stereocenters. The molecule has 0 aliphatic carbocycles. The molecule has 2 heterocycles. The van der Waals surface area contributed by atoms with Crippen LogP contribution < -0.4 is 4.90 Å². The highest BCUT2D eigenvalue weighted by Crippen LogP contribution is 2.49. The average Bonchev–Trinajstić information content (AvgIpc) is 2.59. The van der Waals surface area contributed by atoms with Crippen molar-refractivity contribution in [2.24, 2.45) is 5.92 Å². The average molecular weight is 384 g/mol. The van der Waals surface area contributed by atoms with Crippen molar-refractivity contribution in [2.75, 3.05) is 32.1 Å². The van der Waals surface area contributed by atoms with Crippen LogP contribution in [0.25, 0.3) is 10.9 Å². The molecule has 134 valence electrons. The Bertz CT molecular complexity index is 957. The molecule has 0 radical (unpaired) electrons. The van der Waals surface area contributed by atoms with Crippen molar-refractivity contribution in [2.45, 2.75) is 16.7 Å². The van der Waals surface area contributed by atoms with Gasteiger partial charge in [0.1, 0.15) is 5.82 Å². The molecule has 0 bridgehead atoms. The van der Waals surface area contributed by atoms with Gasteiger partial charge in [-0.25, -0.2) is 4.98 Å². The molecule has 0 amide bonds. The Morgan fingerprint density at radius 2 is 1.92 bits per heavy atom. The molecule has 5 heteroatoms. The maximum atomic E-state index is 6.27. The first-order chi connectivity index (χ1) is 12.5. The van der Waals surface area contributed by atoms with E-state index in [2.05, 4.69) is 67.2 Å². The zero-order valence-corrected chi connectivity index (χ0v) is 16.8. The van der Waals surface area contributed by atoms with E-state index in [1.165, 1.54) is 20.9 Å². The number of hydrogen-bond donors (Lipinski definition) is 0. The summed E-state index contributed by atoms with van der Waals surface area (Å²) < 4.78 is 0. The summed E-state index contributed by atoms with van der Waals surface area (Å²) in [4.78, 5) is 12.0. The van der Waals surface area contributed by atoms with E-state index in [1.54, 1.807) is 11.8 Å².